The maximum absolute atomic E-state index is 11.9. The molecule has 132 valence electrons. The van der Waals surface area contributed by atoms with Crippen molar-refractivity contribution in [3.05, 3.63) is 53.6 Å². The zero-order valence-corrected chi connectivity index (χ0v) is 14.6. The van der Waals surface area contributed by atoms with Gasteiger partial charge in [0.15, 0.2) is 12.7 Å². The fraction of sp³-hybridized carbons (Fsp3) is 0.222. The number of carbonyl (C=O) groups is 2. The number of methoxy groups -OCH3 is 1. The lowest BCUT2D eigenvalue weighted by Crippen LogP contribution is -2.29. The molecule has 1 unspecified atom stereocenters. The van der Waals surface area contributed by atoms with Crippen molar-refractivity contribution in [3.63, 3.8) is 0 Å². The van der Waals surface area contributed by atoms with Crippen molar-refractivity contribution in [2.75, 3.05) is 19.0 Å². The molecular weight excluding hydrogens is 346 g/mol. The first kappa shape index (κ1) is 18.6. The lowest BCUT2D eigenvalue weighted by molar-refractivity contribution is -0.153. The molecule has 6 nitrogen and oxygen atoms in total. The van der Waals surface area contributed by atoms with Gasteiger partial charge in [0.25, 0.3) is 5.91 Å². The molecule has 0 saturated heterocycles. The first-order valence-corrected chi connectivity index (χ1v) is 7.88. The van der Waals surface area contributed by atoms with Crippen molar-refractivity contribution >= 4 is 29.2 Å². The predicted octanol–water partition coefficient (Wildman–Crippen LogP) is 3.30. The molecule has 1 amide bonds. The van der Waals surface area contributed by atoms with E-state index in [1.165, 1.54) is 0 Å². The van der Waals surface area contributed by atoms with E-state index >= 15 is 0 Å². The SMILES string of the molecule is COc1ccc(OC(C)C(=O)OCC(=O)Nc2ccc(Cl)cc2)cc1. The van der Waals surface area contributed by atoms with Gasteiger partial charge >= 0.3 is 5.97 Å². The van der Waals surface area contributed by atoms with Gasteiger partial charge in [-0.05, 0) is 55.5 Å². The number of esters is 1. The van der Waals surface area contributed by atoms with E-state index in [2.05, 4.69) is 5.32 Å². The number of anilines is 1. The van der Waals surface area contributed by atoms with Crippen LogP contribution in [0.1, 0.15) is 6.92 Å². The van der Waals surface area contributed by atoms with Crippen molar-refractivity contribution < 1.29 is 23.8 Å². The Morgan fingerprint density at radius 3 is 2.24 bits per heavy atom. The van der Waals surface area contributed by atoms with Crippen molar-refractivity contribution in [2.24, 2.45) is 0 Å². The first-order valence-electron chi connectivity index (χ1n) is 7.50. The van der Waals surface area contributed by atoms with Gasteiger partial charge < -0.3 is 19.5 Å². The van der Waals surface area contributed by atoms with E-state index in [0.717, 1.165) is 0 Å². The molecule has 0 radical (unpaired) electrons. The van der Waals surface area contributed by atoms with Crippen LogP contribution >= 0.6 is 11.6 Å². The summed E-state index contributed by atoms with van der Waals surface area (Å²) in [6, 6.07) is 13.4. The van der Waals surface area contributed by atoms with Gasteiger partial charge in [0, 0.05) is 10.7 Å². The third-order valence-corrected chi connectivity index (χ3v) is 3.43. The van der Waals surface area contributed by atoms with Crippen LogP contribution in [-0.4, -0.2) is 31.7 Å². The fourth-order valence-corrected chi connectivity index (χ4v) is 2.02. The Kier molecular flexibility index (Phi) is 6.65. The number of rotatable bonds is 7. The van der Waals surface area contributed by atoms with Gasteiger partial charge in [-0.1, -0.05) is 11.6 Å². The van der Waals surface area contributed by atoms with E-state index in [-0.39, 0.29) is 0 Å². The summed E-state index contributed by atoms with van der Waals surface area (Å²) in [5, 5.41) is 3.16. The molecular formula is C18H18ClNO5. The molecule has 0 bridgehead atoms. The summed E-state index contributed by atoms with van der Waals surface area (Å²) >= 11 is 5.77. The van der Waals surface area contributed by atoms with Gasteiger partial charge in [-0.25, -0.2) is 4.79 Å². The molecule has 0 aliphatic rings. The summed E-state index contributed by atoms with van der Waals surface area (Å²) < 4.78 is 15.5. The highest BCUT2D eigenvalue weighted by Gasteiger charge is 2.18. The number of carbonyl (C=O) groups excluding carboxylic acids is 2. The van der Waals surface area contributed by atoms with Gasteiger partial charge in [-0.3, -0.25) is 4.79 Å². The van der Waals surface area contributed by atoms with Crippen LogP contribution in [0.5, 0.6) is 11.5 Å². The van der Waals surface area contributed by atoms with Crippen molar-refractivity contribution in [2.45, 2.75) is 13.0 Å². The second-order valence-corrected chi connectivity index (χ2v) is 5.53. The Hall–Kier alpha value is -2.73. The molecule has 7 heteroatoms. The van der Waals surface area contributed by atoms with Crippen molar-refractivity contribution in [3.8, 4) is 11.5 Å². The molecule has 2 aromatic rings. The number of hydrogen-bond acceptors (Lipinski definition) is 5. The highest BCUT2D eigenvalue weighted by Crippen LogP contribution is 2.18. The maximum atomic E-state index is 11.9. The number of ether oxygens (including phenoxy) is 3. The molecule has 0 saturated carbocycles. The average molecular weight is 364 g/mol. The third-order valence-electron chi connectivity index (χ3n) is 3.18. The van der Waals surface area contributed by atoms with E-state index in [1.54, 1.807) is 62.6 Å². The zero-order valence-electron chi connectivity index (χ0n) is 13.8. The van der Waals surface area contributed by atoms with Gasteiger partial charge in [0.05, 0.1) is 7.11 Å². The highest BCUT2D eigenvalue weighted by atomic mass is 35.5. The fourth-order valence-electron chi connectivity index (χ4n) is 1.89. The molecule has 2 aromatic carbocycles. The lowest BCUT2D eigenvalue weighted by Gasteiger charge is -2.14. The molecule has 1 atom stereocenters. The standard InChI is InChI=1S/C18H18ClNO5/c1-12(25-16-9-7-15(23-2)8-10-16)18(22)24-11-17(21)20-14-5-3-13(19)4-6-14/h3-10,12H,11H2,1-2H3,(H,20,21). The first-order chi connectivity index (χ1) is 12.0. The molecule has 0 aliphatic heterocycles. The monoisotopic (exact) mass is 363 g/mol. The minimum Gasteiger partial charge on any atom is -0.497 e. The Balaban J connectivity index is 1.77. The Morgan fingerprint density at radius 1 is 1.04 bits per heavy atom. The smallest absolute Gasteiger partial charge is 0.347 e. The molecule has 0 heterocycles. The Labute approximate surface area is 150 Å². The molecule has 1 N–H and O–H groups in total. The summed E-state index contributed by atoms with van der Waals surface area (Å²) in [5.41, 5.74) is 0.563. The van der Waals surface area contributed by atoms with Gasteiger partial charge in [0.2, 0.25) is 0 Å². The topological polar surface area (TPSA) is 73.9 Å². The summed E-state index contributed by atoms with van der Waals surface area (Å²) in [6.07, 6.45) is -0.850. The van der Waals surface area contributed by atoms with Crippen LogP contribution in [0.3, 0.4) is 0 Å². The minimum absolute atomic E-state index is 0.405. The number of benzene rings is 2. The molecule has 0 aliphatic carbocycles. The zero-order chi connectivity index (χ0) is 18.2. The van der Waals surface area contributed by atoms with E-state index in [9.17, 15) is 9.59 Å². The molecule has 0 spiro atoms. The summed E-state index contributed by atoms with van der Waals surface area (Å²) in [7, 11) is 1.56. The quantitative estimate of drug-likeness (QED) is 0.764. The lowest BCUT2D eigenvalue weighted by atomic mass is 10.3. The van der Waals surface area contributed by atoms with E-state index in [0.29, 0.717) is 22.2 Å². The van der Waals surface area contributed by atoms with Crippen LogP contribution in [0.2, 0.25) is 5.02 Å². The number of halogens is 1. The van der Waals surface area contributed by atoms with E-state index in [4.69, 9.17) is 25.8 Å². The van der Waals surface area contributed by atoms with Crippen LogP contribution in [0.25, 0.3) is 0 Å². The largest absolute Gasteiger partial charge is 0.497 e. The number of hydrogen-bond donors (Lipinski definition) is 1. The Bertz CT molecular complexity index is 715. The van der Waals surface area contributed by atoms with Crippen LogP contribution in [0.15, 0.2) is 48.5 Å². The highest BCUT2D eigenvalue weighted by molar-refractivity contribution is 6.30. The number of nitrogens with one attached hydrogen (secondary N) is 1. The van der Waals surface area contributed by atoms with Gasteiger partial charge in [0.1, 0.15) is 11.5 Å². The van der Waals surface area contributed by atoms with Crippen LogP contribution in [0, 0.1) is 0 Å². The molecule has 0 fully saturated rings. The average Bonchev–Trinajstić information content (AvgIpc) is 2.62. The molecule has 0 aromatic heterocycles. The summed E-state index contributed by atoms with van der Waals surface area (Å²) in [5.74, 6) is 0.0895. The third kappa shape index (κ3) is 6.00. The van der Waals surface area contributed by atoms with Crippen molar-refractivity contribution in [1.29, 1.82) is 0 Å². The van der Waals surface area contributed by atoms with Crippen LogP contribution in [-0.2, 0) is 14.3 Å². The second kappa shape index (κ2) is 8.94. The van der Waals surface area contributed by atoms with Crippen molar-refractivity contribution in [1.82, 2.24) is 0 Å². The van der Waals surface area contributed by atoms with E-state index in [1.807, 2.05) is 0 Å². The van der Waals surface area contributed by atoms with Crippen LogP contribution in [0.4, 0.5) is 5.69 Å². The minimum atomic E-state index is -0.850. The summed E-state index contributed by atoms with van der Waals surface area (Å²) in [6.45, 7) is 1.14. The summed E-state index contributed by atoms with van der Waals surface area (Å²) in [4.78, 5) is 23.7. The second-order valence-electron chi connectivity index (χ2n) is 5.10. The van der Waals surface area contributed by atoms with Gasteiger partial charge in [-0.15, -0.1) is 0 Å². The number of amides is 1. The van der Waals surface area contributed by atoms with E-state index < -0.39 is 24.6 Å². The van der Waals surface area contributed by atoms with Crippen LogP contribution < -0.4 is 14.8 Å². The molecule has 2 rings (SSSR count). The van der Waals surface area contributed by atoms with Gasteiger partial charge in [-0.2, -0.15) is 0 Å². The predicted molar refractivity (Wildman–Crippen MR) is 94.1 cm³/mol. The maximum Gasteiger partial charge on any atom is 0.347 e. The molecule has 25 heavy (non-hydrogen) atoms. The Morgan fingerprint density at radius 2 is 1.64 bits per heavy atom. The normalized spacial score (nSPS) is 11.3.